The van der Waals surface area contributed by atoms with Crippen LogP contribution in [0.25, 0.3) is 0 Å². The Morgan fingerprint density at radius 1 is 1.57 bits per heavy atom. The van der Waals surface area contributed by atoms with Gasteiger partial charge in [-0.2, -0.15) is 11.8 Å². The lowest BCUT2D eigenvalue weighted by atomic mass is 10.1. The van der Waals surface area contributed by atoms with Gasteiger partial charge in [0.15, 0.2) is 0 Å². The smallest absolute Gasteiger partial charge is 0.0219 e. The Kier molecular flexibility index (Phi) is 5.90. The van der Waals surface area contributed by atoms with Gasteiger partial charge in [0.25, 0.3) is 0 Å². The van der Waals surface area contributed by atoms with Crippen LogP contribution in [0.15, 0.2) is 0 Å². The van der Waals surface area contributed by atoms with E-state index in [1.165, 1.54) is 38.1 Å². The van der Waals surface area contributed by atoms with E-state index in [9.17, 15) is 0 Å². The fraction of sp³-hybridized carbons (Fsp3) is 1.00. The predicted octanol–water partition coefficient (Wildman–Crippen LogP) is 1.94. The molecule has 2 N–H and O–H groups in total. The molecule has 1 aliphatic rings. The molecule has 14 heavy (non-hydrogen) atoms. The predicted molar refractivity (Wildman–Crippen MR) is 65.9 cm³/mol. The zero-order chi connectivity index (χ0) is 10.4. The zero-order valence-corrected chi connectivity index (χ0v) is 10.4. The van der Waals surface area contributed by atoms with E-state index in [0.29, 0.717) is 6.04 Å². The summed E-state index contributed by atoms with van der Waals surface area (Å²) in [7, 11) is 0. The van der Waals surface area contributed by atoms with Crippen LogP contribution in [-0.4, -0.2) is 41.6 Å². The molecule has 2 unspecified atom stereocenters. The van der Waals surface area contributed by atoms with E-state index in [1.807, 2.05) is 0 Å². The Morgan fingerprint density at radius 3 is 2.93 bits per heavy atom. The van der Waals surface area contributed by atoms with Gasteiger partial charge in [-0.15, -0.1) is 0 Å². The summed E-state index contributed by atoms with van der Waals surface area (Å²) < 4.78 is 0. The van der Waals surface area contributed by atoms with Crippen LogP contribution in [0.4, 0.5) is 0 Å². The Morgan fingerprint density at radius 2 is 2.36 bits per heavy atom. The molecule has 0 aliphatic carbocycles. The molecular weight excluding hydrogens is 192 g/mol. The summed E-state index contributed by atoms with van der Waals surface area (Å²) in [6.45, 7) is 7.88. The van der Waals surface area contributed by atoms with Crippen molar-refractivity contribution in [2.45, 2.75) is 44.4 Å². The molecule has 1 fully saturated rings. The van der Waals surface area contributed by atoms with Gasteiger partial charge in [-0.25, -0.2) is 0 Å². The van der Waals surface area contributed by atoms with Gasteiger partial charge < -0.3 is 5.73 Å². The lowest BCUT2D eigenvalue weighted by Gasteiger charge is -2.36. The van der Waals surface area contributed by atoms with Gasteiger partial charge in [-0.05, 0) is 6.42 Å². The molecule has 1 aliphatic heterocycles. The molecule has 0 bridgehead atoms. The van der Waals surface area contributed by atoms with Crippen molar-refractivity contribution < 1.29 is 0 Å². The summed E-state index contributed by atoms with van der Waals surface area (Å²) in [5, 5.41) is 0.791. The Hall–Kier alpha value is 0.270. The average Bonchev–Trinajstić information content (AvgIpc) is 2.19. The second kappa shape index (κ2) is 6.70. The number of thioether (sulfide) groups is 1. The van der Waals surface area contributed by atoms with E-state index in [0.717, 1.165) is 11.8 Å². The van der Waals surface area contributed by atoms with Gasteiger partial charge in [-0.3, -0.25) is 4.90 Å². The van der Waals surface area contributed by atoms with Gasteiger partial charge in [-0.1, -0.05) is 26.7 Å². The lowest BCUT2D eigenvalue weighted by Crippen LogP contribution is -2.47. The molecule has 1 saturated heterocycles. The molecular formula is C11H24N2S. The minimum Gasteiger partial charge on any atom is -0.329 e. The number of nitrogens with two attached hydrogens (primary N) is 1. The summed E-state index contributed by atoms with van der Waals surface area (Å²) in [6.07, 6.45) is 3.89. The Bertz CT molecular complexity index is 152. The topological polar surface area (TPSA) is 29.3 Å². The summed E-state index contributed by atoms with van der Waals surface area (Å²) in [5.74, 6) is 1.28. The summed E-state index contributed by atoms with van der Waals surface area (Å²) in [6, 6.07) is 0.637. The first kappa shape index (κ1) is 12.3. The van der Waals surface area contributed by atoms with Crippen LogP contribution in [0.2, 0.25) is 0 Å². The van der Waals surface area contributed by atoms with Crippen LogP contribution >= 0.6 is 11.8 Å². The Labute approximate surface area is 92.6 Å². The van der Waals surface area contributed by atoms with Crippen LogP contribution < -0.4 is 5.73 Å². The molecule has 0 spiro atoms. The zero-order valence-electron chi connectivity index (χ0n) is 9.54. The van der Waals surface area contributed by atoms with E-state index >= 15 is 0 Å². The first-order valence-electron chi connectivity index (χ1n) is 5.83. The maximum absolute atomic E-state index is 5.84. The highest BCUT2D eigenvalue weighted by molar-refractivity contribution is 7.99. The monoisotopic (exact) mass is 216 g/mol. The average molecular weight is 216 g/mol. The quantitative estimate of drug-likeness (QED) is 0.761. The van der Waals surface area contributed by atoms with E-state index in [-0.39, 0.29) is 0 Å². The molecule has 1 heterocycles. The third-order valence-electron chi connectivity index (χ3n) is 2.95. The van der Waals surface area contributed by atoms with Crippen LogP contribution in [0.1, 0.15) is 33.1 Å². The highest BCUT2D eigenvalue weighted by Gasteiger charge is 2.22. The minimum absolute atomic E-state index is 0.637. The van der Waals surface area contributed by atoms with Gasteiger partial charge in [0.1, 0.15) is 0 Å². The van der Waals surface area contributed by atoms with E-state index in [2.05, 4.69) is 30.5 Å². The van der Waals surface area contributed by atoms with Crippen molar-refractivity contribution in [1.29, 1.82) is 0 Å². The van der Waals surface area contributed by atoms with Gasteiger partial charge >= 0.3 is 0 Å². The van der Waals surface area contributed by atoms with Crippen LogP contribution in [-0.2, 0) is 0 Å². The fourth-order valence-electron chi connectivity index (χ4n) is 2.07. The second-order valence-corrected chi connectivity index (χ2v) is 5.75. The van der Waals surface area contributed by atoms with Crippen molar-refractivity contribution >= 4 is 11.8 Å². The molecule has 1 rings (SSSR count). The lowest BCUT2D eigenvalue weighted by molar-refractivity contribution is 0.196. The molecule has 3 heteroatoms. The van der Waals surface area contributed by atoms with Crippen molar-refractivity contribution in [1.82, 2.24) is 4.90 Å². The van der Waals surface area contributed by atoms with Crippen molar-refractivity contribution in [3.63, 3.8) is 0 Å². The van der Waals surface area contributed by atoms with E-state index < -0.39 is 0 Å². The number of nitrogens with zero attached hydrogens (tertiary/aromatic N) is 1. The third kappa shape index (κ3) is 3.79. The number of hydrogen-bond donors (Lipinski definition) is 1. The third-order valence-corrected chi connectivity index (χ3v) is 4.09. The Balaban J connectivity index is 2.34. The number of unbranched alkanes of at least 4 members (excludes halogenated alkanes) is 1. The molecule has 0 saturated carbocycles. The van der Waals surface area contributed by atoms with Crippen molar-refractivity contribution in [3.8, 4) is 0 Å². The normalized spacial score (nSPS) is 26.4. The van der Waals surface area contributed by atoms with Crippen molar-refractivity contribution in [2.75, 3.05) is 25.4 Å². The maximum Gasteiger partial charge on any atom is 0.0219 e. The van der Waals surface area contributed by atoms with Crippen LogP contribution in [0.5, 0.6) is 0 Å². The molecule has 2 atom stereocenters. The highest BCUT2D eigenvalue weighted by Crippen LogP contribution is 2.20. The summed E-state index contributed by atoms with van der Waals surface area (Å²) in [4.78, 5) is 2.59. The first-order valence-corrected chi connectivity index (χ1v) is 6.88. The SMILES string of the molecule is CCCCC(CN)N1CCSC(C)C1. The first-order chi connectivity index (χ1) is 6.77. The number of hydrogen-bond acceptors (Lipinski definition) is 3. The summed E-state index contributed by atoms with van der Waals surface area (Å²) >= 11 is 2.09. The summed E-state index contributed by atoms with van der Waals surface area (Å²) in [5.41, 5.74) is 5.84. The standard InChI is InChI=1S/C11H24N2S/c1-3-4-5-11(8-12)13-6-7-14-10(2)9-13/h10-11H,3-9,12H2,1-2H3. The van der Waals surface area contributed by atoms with E-state index in [1.54, 1.807) is 0 Å². The molecule has 0 amide bonds. The van der Waals surface area contributed by atoms with Gasteiger partial charge in [0, 0.05) is 36.7 Å². The van der Waals surface area contributed by atoms with E-state index in [4.69, 9.17) is 5.73 Å². The molecule has 0 aromatic rings. The van der Waals surface area contributed by atoms with Crippen LogP contribution in [0.3, 0.4) is 0 Å². The molecule has 2 nitrogen and oxygen atoms in total. The van der Waals surface area contributed by atoms with Gasteiger partial charge in [0.05, 0.1) is 0 Å². The maximum atomic E-state index is 5.84. The van der Waals surface area contributed by atoms with Crippen molar-refractivity contribution in [3.05, 3.63) is 0 Å². The van der Waals surface area contributed by atoms with Gasteiger partial charge in [0.2, 0.25) is 0 Å². The number of rotatable bonds is 5. The van der Waals surface area contributed by atoms with Crippen LogP contribution in [0, 0.1) is 0 Å². The molecule has 84 valence electrons. The fourth-order valence-corrected chi connectivity index (χ4v) is 3.11. The second-order valence-electron chi connectivity index (χ2n) is 4.21. The minimum atomic E-state index is 0.637. The molecule has 0 aromatic heterocycles. The van der Waals surface area contributed by atoms with Crippen molar-refractivity contribution in [2.24, 2.45) is 5.73 Å². The largest absolute Gasteiger partial charge is 0.329 e. The molecule has 0 aromatic carbocycles. The molecule has 0 radical (unpaired) electrons. The highest BCUT2D eigenvalue weighted by atomic mass is 32.2.